The van der Waals surface area contributed by atoms with Gasteiger partial charge in [-0.15, -0.1) is 0 Å². The number of anilines is 1. The first-order valence-corrected chi connectivity index (χ1v) is 9.51. The van der Waals surface area contributed by atoms with Crippen molar-refractivity contribution in [2.75, 3.05) is 5.32 Å². The van der Waals surface area contributed by atoms with E-state index in [9.17, 15) is 0 Å². The zero-order valence-electron chi connectivity index (χ0n) is 15.2. The minimum absolute atomic E-state index is 0.0461. The summed E-state index contributed by atoms with van der Waals surface area (Å²) in [7, 11) is 0. The Kier molecular flexibility index (Phi) is 4.37. The summed E-state index contributed by atoms with van der Waals surface area (Å²) in [6.07, 6.45) is 0.863. The van der Waals surface area contributed by atoms with Gasteiger partial charge in [0.1, 0.15) is 0 Å². The fraction of sp³-hybridized carbons (Fsp3) is 0.208. The second kappa shape index (κ2) is 6.69. The molecular weight excluding hydrogens is 334 g/mol. The second-order valence-electron chi connectivity index (χ2n) is 7.51. The van der Waals surface area contributed by atoms with Crippen molar-refractivity contribution in [2.45, 2.75) is 31.6 Å². The van der Waals surface area contributed by atoms with Gasteiger partial charge in [0.15, 0.2) is 0 Å². The summed E-state index contributed by atoms with van der Waals surface area (Å²) in [4.78, 5) is 0.918. The molecule has 1 N–H and O–H groups in total. The zero-order valence-corrected chi connectivity index (χ0v) is 16.0. The quantitative estimate of drug-likeness (QED) is 0.553. The molecule has 1 heterocycles. The summed E-state index contributed by atoms with van der Waals surface area (Å²) < 4.78 is 0. The Morgan fingerprint density at radius 2 is 1.50 bits per heavy atom. The molecular formula is C24H23NS. The molecule has 0 radical (unpaired) electrons. The van der Waals surface area contributed by atoms with Gasteiger partial charge in [-0.1, -0.05) is 98.9 Å². The molecule has 0 saturated heterocycles. The number of fused-ring (bicyclic) bond motifs is 1. The van der Waals surface area contributed by atoms with Crippen LogP contribution in [0.15, 0.2) is 78.9 Å². The highest BCUT2D eigenvalue weighted by atomic mass is 32.1. The smallest absolute Gasteiger partial charge is 0.0806 e. The molecule has 0 aromatic heterocycles. The average molecular weight is 358 g/mol. The van der Waals surface area contributed by atoms with Gasteiger partial charge in [-0.3, -0.25) is 0 Å². The van der Waals surface area contributed by atoms with E-state index in [0.29, 0.717) is 5.92 Å². The lowest BCUT2D eigenvalue weighted by Crippen LogP contribution is -2.24. The van der Waals surface area contributed by atoms with Crippen LogP contribution in [-0.4, -0.2) is 4.99 Å². The molecule has 4 rings (SSSR count). The lowest BCUT2D eigenvalue weighted by atomic mass is 9.75. The first kappa shape index (κ1) is 17.0. The van der Waals surface area contributed by atoms with E-state index in [1.165, 1.54) is 22.3 Å². The minimum atomic E-state index is -0.0461. The Hall–Kier alpha value is -2.45. The summed E-state index contributed by atoms with van der Waals surface area (Å²) in [6, 6.07) is 28.2. The molecule has 1 atom stereocenters. The Morgan fingerprint density at radius 1 is 0.846 bits per heavy atom. The van der Waals surface area contributed by atoms with Crippen molar-refractivity contribution >= 4 is 22.9 Å². The molecule has 0 fully saturated rings. The van der Waals surface area contributed by atoms with Gasteiger partial charge in [0, 0.05) is 23.4 Å². The second-order valence-corrected chi connectivity index (χ2v) is 8.00. The molecule has 1 aliphatic rings. The van der Waals surface area contributed by atoms with Crippen LogP contribution in [0.5, 0.6) is 0 Å². The Bertz CT molecular complexity index is 929. The topological polar surface area (TPSA) is 12.0 Å². The van der Waals surface area contributed by atoms with E-state index >= 15 is 0 Å². The highest BCUT2D eigenvalue weighted by molar-refractivity contribution is 7.80. The lowest BCUT2D eigenvalue weighted by Gasteiger charge is -2.32. The van der Waals surface area contributed by atoms with Crippen molar-refractivity contribution < 1.29 is 0 Å². The third-order valence-electron chi connectivity index (χ3n) is 5.51. The molecule has 26 heavy (non-hydrogen) atoms. The normalized spacial score (nSPS) is 16.7. The summed E-state index contributed by atoms with van der Waals surface area (Å²) >= 11 is 5.53. The Balaban J connectivity index is 1.81. The van der Waals surface area contributed by atoms with Crippen LogP contribution in [0.25, 0.3) is 0 Å². The average Bonchev–Trinajstić information content (AvgIpc) is 2.68. The van der Waals surface area contributed by atoms with Crippen molar-refractivity contribution in [1.82, 2.24) is 0 Å². The number of hydrogen-bond donors (Lipinski definition) is 1. The fourth-order valence-electron chi connectivity index (χ4n) is 3.85. The summed E-state index contributed by atoms with van der Waals surface area (Å²) in [5.74, 6) is 0.312. The van der Waals surface area contributed by atoms with Crippen molar-refractivity contribution in [3.05, 3.63) is 101 Å². The molecule has 0 aliphatic carbocycles. The molecule has 0 saturated carbocycles. The van der Waals surface area contributed by atoms with Crippen LogP contribution < -0.4 is 5.32 Å². The van der Waals surface area contributed by atoms with Gasteiger partial charge in [-0.25, -0.2) is 0 Å². The van der Waals surface area contributed by atoms with Crippen molar-refractivity contribution in [3.8, 4) is 0 Å². The van der Waals surface area contributed by atoms with Crippen LogP contribution in [0.1, 0.15) is 48.4 Å². The summed E-state index contributed by atoms with van der Waals surface area (Å²) in [5.41, 5.74) is 6.42. The van der Waals surface area contributed by atoms with E-state index < -0.39 is 0 Å². The predicted octanol–water partition coefficient (Wildman–Crippen LogP) is 6.29. The SMILES string of the molecule is CC(C)(c1ccccc1)c1ccc2c(c1)C(c1ccccc1)CC(=S)N2. The van der Waals surface area contributed by atoms with Crippen LogP contribution in [0, 0.1) is 0 Å². The Labute approximate surface area is 161 Å². The van der Waals surface area contributed by atoms with Gasteiger partial charge in [0.05, 0.1) is 4.99 Å². The maximum absolute atomic E-state index is 5.53. The number of hydrogen-bond acceptors (Lipinski definition) is 1. The van der Waals surface area contributed by atoms with Crippen molar-refractivity contribution in [2.24, 2.45) is 0 Å². The summed E-state index contributed by atoms with van der Waals surface area (Å²) in [5, 5.41) is 3.41. The highest BCUT2D eigenvalue weighted by Gasteiger charge is 2.28. The van der Waals surface area contributed by atoms with Gasteiger partial charge in [0.2, 0.25) is 0 Å². The number of benzene rings is 3. The predicted molar refractivity (Wildman–Crippen MR) is 114 cm³/mol. The van der Waals surface area contributed by atoms with Gasteiger partial charge >= 0.3 is 0 Å². The zero-order chi connectivity index (χ0) is 18.1. The van der Waals surface area contributed by atoms with Crippen LogP contribution >= 0.6 is 12.2 Å². The van der Waals surface area contributed by atoms with Gasteiger partial charge in [-0.2, -0.15) is 0 Å². The van der Waals surface area contributed by atoms with Crippen LogP contribution in [0.2, 0.25) is 0 Å². The molecule has 1 nitrogen and oxygen atoms in total. The molecule has 2 heteroatoms. The monoisotopic (exact) mass is 357 g/mol. The molecule has 3 aromatic rings. The van der Waals surface area contributed by atoms with Gasteiger partial charge in [-0.05, 0) is 28.3 Å². The van der Waals surface area contributed by atoms with Gasteiger partial charge in [0.25, 0.3) is 0 Å². The fourth-order valence-corrected chi connectivity index (χ4v) is 4.13. The van der Waals surface area contributed by atoms with E-state index in [-0.39, 0.29) is 5.41 Å². The third-order valence-corrected chi connectivity index (χ3v) is 5.78. The largest absolute Gasteiger partial charge is 0.350 e. The van der Waals surface area contributed by atoms with E-state index in [1.54, 1.807) is 0 Å². The minimum Gasteiger partial charge on any atom is -0.350 e. The maximum Gasteiger partial charge on any atom is 0.0806 e. The van der Waals surface area contributed by atoms with E-state index in [0.717, 1.165) is 17.1 Å². The molecule has 0 amide bonds. The molecule has 1 unspecified atom stereocenters. The van der Waals surface area contributed by atoms with Crippen molar-refractivity contribution in [3.63, 3.8) is 0 Å². The first-order chi connectivity index (χ1) is 12.6. The van der Waals surface area contributed by atoms with Crippen LogP contribution in [0.4, 0.5) is 5.69 Å². The molecule has 3 aromatic carbocycles. The van der Waals surface area contributed by atoms with E-state index in [1.807, 2.05) is 0 Å². The van der Waals surface area contributed by atoms with Crippen molar-refractivity contribution in [1.29, 1.82) is 0 Å². The molecule has 1 aliphatic heterocycles. The number of rotatable bonds is 3. The summed E-state index contributed by atoms with van der Waals surface area (Å²) in [6.45, 7) is 4.59. The third kappa shape index (κ3) is 3.06. The highest BCUT2D eigenvalue weighted by Crippen LogP contribution is 2.41. The first-order valence-electron chi connectivity index (χ1n) is 9.10. The molecule has 130 valence electrons. The van der Waals surface area contributed by atoms with Crippen LogP contribution in [0.3, 0.4) is 0 Å². The Morgan fingerprint density at radius 3 is 2.19 bits per heavy atom. The molecule has 0 spiro atoms. The molecule has 0 bridgehead atoms. The maximum atomic E-state index is 5.53. The van der Waals surface area contributed by atoms with Crippen LogP contribution in [-0.2, 0) is 5.41 Å². The van der Waals surface area contributed by atoms with Gasteiger partial charge < -0.3 is 5.32 Å². The van der Waals surface area contributed by atoms with E-state index in [4.69, 9.17) is 12.2 Å². The lowest BCUT2D eigenvalue weighted by molar-refractivity contribution is 0.638. The standard InChI is InChI=1S/C24H23NS/c1-24(2,18-11-7-4-8-12-18)19-13-14-22-21(15-19)20(16-23(26)25-22)17-9-5-3-6-10-17/h3-15,20H,16H2,1-2H3,(H,25,26). The number of nitrogens with one attached hydrogen (secondary N) is 1. The van der Waals surface area contributed by atoms with E-state index in [2.05, 4.69) is 98.0 Å². The number of thiocarbonyl (C=S) groups is 1.